The molecule has 2 N–H and O–H groups in total. The molecule has 0 spiro atoms. The van der Waals surface area contributed by atoms with Crippen molar-refractivity contribution in [2.75, 3.05) is 4.90 Å². The van der Waals surface area contributed by atoms with E-state index < -0.39 is 5.92 Å². The van der Waals surface area contributed by atoms with Gasteiger partial charge in [-0.2, -0.15) is 5.26 Å². The lowest BCUT2D eigenvalue weighted by atomic mass is 9.68. The third-order valence-electron chi connectivity index (χ3n) is 5.67. The average Bonchev–Trinajstić information content (AvgIpc) is 2.68. The molecular formula is C24H21Br2N3O. The second kappa shape index (κ2) is 7.72. The number of ketones is 1. The van der Waals surface area contributed by atoms with E-state index >= 15 is 0 Å². The van der Waals surface area contributed by atoms with Crippen molar-refractivity contribution < 1.29 is 4.79 Å². The Bertz CT molecular complexity index is 1120. The fraction of sp³-hybridized carbons (Fsp3) is 0.250. The Kier molecular flexibility index (Phi) is 5.37. The minimum atomic E-state index is -0.451. The van der Waals surface area contributed by atoms with Gasteiger partial charge in [0, 0.05) is 32.3 Å². The van der Waals surface area contributed by atoms with Crippen LogP contribution < -0.4 is 10.6 Å². The third kappa shape index (κ3) is 3.61. The zero-order valence-electron chi connectivity index (χ0n) is 16.7. The van der Waals surface area contributed by atoms with Crippen LogP contribution in [0.3, 0.4) is 0 Å². The van der Waals surface area contributed by atoms with Crippen molar-refractivity contribution >= 4 is 43.3 Å². The minimum Gasteiger partial charge on any atom is -0.384 e. The number of nitrogens with two attached hydrogens (primary N) is 1. The summed E-state index contributed by atoms with van der Waals surface area (Å²) in [4.78, 5) is 15.3. The number of rotatable bonds is 2. The molecule has 0 amide bonds. The molecule has 0 fully saturated rings. The van der Waals surface area contributed by atoms with Gasteiger partial charge < -0.3 is 5.73 Å². The van der Waals surface area contributed by atoms with E-state index in [4.69, 9.17) is 5.73 Å². The van der Waals surface area contributed by atoms with E-state index in [2.05, 4.69) is 51.8 Å². The van der Waals surface area contributed by atoms with Crippen molar-refractivity contribution in [1.82, 2.24) is 0 Å². The predicted octanol–water partition coefficient (Wildman–Crippen LogP) is 6.15. The molecule has 2 aliphatic rings. The Morgan fingerprint density at radius 3 is 2.17 bits per heavy atom. The van der Waals surface area contributed by atoms with E-state index in [9.17, 15) is 10.1 Å². The number of nitriles is 1. The lowest BCUT2D eigenvalue weighted by Crippen LogP contribution is -2.42. The van der Waals surface area contributed by atoms with E-state index in [1.165, 1.54) is 0 Å². The van der Waals surface area contributed by atoms with E-state index in [-0.39, 0.29) is 11.2 Å². The first-order chi connectivity index (χ1) is 14.2. The summed E-state index contributed by atoms with van der Waals surface area (Å²) in [5.41, 5.74) is 10.2. The number of hydrogen-bond acceptors (Lipinski definition) is 4. The molecule has 4 nitrogen and oxygen atoms in total. The third-order valence-corrected chi connectivity index (χ3v) is 6.73. The maximum absolute atomic E-state index is 13.4. The molecule has 1 aliphatic heterocycles. The number of halogens is 2. The van der Waals surface area contributed by atoms with Crippen molar-refractivity contribution in [3.05, 3.63) is 85.7 Å². The topological polar surface area (TPSA) is 70.1 Å². The van der Waals surface area contributed by atoms with Crippen LogP contribution in [0.15, 0.2) is 80.1 Å². The highest BCUT2D eigenvalue weighted by Crippen LogP contribution is 2.50. The maximum atomic E-state index is 13.4. The number of carbonyl (C=O) groups excluding carboxylic acids is 1. The number of carbonyl (C=O) groups is 1. The van der Waals surface area contributed by atoms with Gasteiger partial charge in [0.1, 0.15) is 5.82 Å². The molecule has 0 saturated heterocycles. The Morgan fingerprint density at radius 2 is 1.60 bits per heavy atom. The van der Waals surface area contributed by atoms with Gasteiger partial charge in [0.25, 0.3) is 0 Å². The fourth-order valence-electron chi connectivity index (χ4n) is 4.38. The molecule has 1 heterocycles. The van der Waals surface area contributed by atoms with Gasteiger partial charge in [-0.05, 0) is 53.8 Å². The molecule has 1 unspecified atom stereocenters. The van der Waals surface area contributed by atoms with E-state index in [0.717, 1.165) is 25.9 Å². The zero-order chi connectivity index (χ0) is 21.6. The van der Waals surface area contributed by atoms with Crippen LogP contribution in [-0.2, 0) is 4.79 Å². The summed E-state index contributed by atoms with van der Waals surface area (Å²) >= 11 is 6.93. The Balaban J connectivity index is 1.98. The van der Waals surface area contributed by atoms with Gasteiger partial charge in [-0.25, -0.2) is 0 Å². The summed E-state index contributed by atoms with van der Waals surface area (Å²) in [7, 11) is 0. The highest BCUT2D eigenvalue weighted by Gasteiger charge is 2.44. The highest BCUT2D eigenvalue weighted by molar-refractivity contribution is 9.10. The maximum Gasteiger partial charge on any atom is 0.162 e. The summed E-state index contributed by atoms with van der Waals surface area (Å²) < 4.78 is 1.90. The lowest BCUT2D eigenvalue weighted by Gasteiger charge is -2.43. The number of anilines is 1. The van der Waals surface area contributed by atoms with Crippen molar-refractivity contribution in [3.8, 4) is 6.07 Å². The summed E-state index contributed by atoms with van der Waals surface area (Å²) in [6.45, 7) is 4.20. The molecule has 30 heavy (non-hydrogen) atoms. The summed E-state index contributed by atoms with van der Waals surface area (Å²) in [5.74, 6) is 0.0157. The average molecular weight is 527 g/mol. The van der Waals surface area contributed by atoms with Gasteiger partial charge in [-0.1, -0.05) is 57.8 Å². The Labute approximate surface area is 193 Å². The molecule has 1 atom stereocenters. The van der Waals surface area contributed by atoms with Crippen LogP contribution in [-0.4, -0.2) is 5.78 Å². The van der Waals surface area contributed by atoms with Crippen LogP contribution in [0.2, 0.25) is 0 Å². The largest absolute Gasteiger partial charge is 0.384 e. The van der Waals surface area contributed by atoms with Crippen LogP contribution in [0.25, 0.3) is 0 Å². The van der Waals surface area contributed by atoms with Crippen molar-refractivity contribution in [2.45, 2.75) is 32.6 Å². The van der Waals surface area contributed by atoms with E-state index in [1.807, 2.05) is 53.4 Å². The second-order valence-corrected chi connectivity index (χ2v) is 10.3. The summed E-state index contributed by atoms with van der Waals surface area (Å²) in [5, 5.41) is 10.1. The van der Waals surface area contributed by atoms with Gasteiger partial charge in [0.05, 0.1) is 17.6 Å². The first-order valence-electron chi connectivity index (χ1n) is 9.69. The first-order valence-corrected chi connectivity index (χ1v) is 11.3. The predicted molar refractivity (Wildman–Crippen MR) is 125 cm³/mol. The molecule has 2 aromatic carbocycles. The standard InChI is InChI=1S/C24H21Br2N3O/c1-24(2)11-19-22(20(30)12-24)21(14-3-5-15(25)6-4-14)18(13-27)23(28)29(19)17-9-7-16(26)8-10-17/h3-10,21H,11-12,28H2,1-2H3. The Morgan fingerprint density at radius 1 is 1.03 bits per heavy atom. The normalized spacial score (nSPS) is 20.8. The van der Waals surface area contributed by atoms with Gasteiger partial charge in [0.2, 0.25) is 0 Å². The number of hydrogen-bond donors (Lipinski definition) is 1. The molecule has 152 valence electrons. The molecule has 0 bridgehead atoms. The van der Waals surface area contributed by atoms with Crippen LogP contribution in [0.5, 0.6) is 0 Å². The van der Waals surface area contributed by atoms with Crippen LogP contribution in [0.4, 0.5) is 5.69 Å². The fourth-order valence-corrected chi connectivity index (χ4v) is 4.91. The number of Topliss-reactive ketones (excluding diaryl/α,β-unsaturated/α-hetero) is 1. The molecule has 2 aromatic rings. The van der Waals surface area contributed by atoms with Crippen molar-refractivity contribution in [2.24, 2.45) is 11.1 Å². The lowest BCUT2D eigenvalue weighted by molar-refractivity contribution is -0.118. The molecule has 1 aliphatic carbocycles. The number of nitrogens with zero attached hydrogens (tertiary/aromatic N) is 2. The van der Waals surface area contributed by atoms with Crippen LogP contribution in [0, 0.1) is 16.7 Å². The van der Waals surface area contributed by atoms with Gasteiger partial charge in [0.15, 0.2) is 5.78 Å². The first kappa shape index (κ1) is 20.9. The summed E-state index contributed by atoms with van der Waals surface area (Å²) in [6.07, 6.45) is 1.15. The molecular weight excluding hydrogens is 506 g/mol. The monoisotopic (exact) mass is 525 g/mol. The molecule has 6 heteroatoms. The van der Waals surface area contributed by atoms with E-state index in [1.54, 1.807) is 0 Å². The van der Waals surface area contributed by atoms with Gasteiger partial charge in [-0.3, -0.25) is 9.69 Å². The molecule has 4 rings (SSSR count). The van der Waals surface area contributed by atoms with Crippen molar-refractivity contribution in [1.29, 1.82) is 5.26 Å². The molecule has 0 radical (unpaired) electrons. The minimum absolute atomic E-state index is 0.0801. The van der Waals surface area contributed by atoms with Gasteiger partial charge >= 0.3 is 0 Å². The second-order valence-electron chi connectivity index (χ2n) is 8.51. The van der Waals surface area contributed by atoms with Crippen LogP contribution >= 0.6 is 31.9 Å². The Hall–Kier alpha value is -2.36. The smallest absolute Gasteiger partial charge is 0.162 e. The van der Waals surface area contributed by atoms with E-state index in [0.29, 0.717) is 29.8 Å². The number of benzene rings is 2. The molecule has 0 aromatic heterocycles. The molecule has 0 saturated carbocycles. The SMILES string of the molecule is CC1(C)CC(=O)C2=C(C1)N(c1ccc(Br)cc1)C(N)=C(C#N)C2c1ccc(Br)cc1. The zero-order valence-corrected chi connectivity index (χ0v) is 19.9. The van der Waals surface area contributed by atoms with Crippen LogP contribution in [0.1, 0.15) is 38.2 Å². The highest BCUT2D eigenvalue weighted by atomic mass is 79.9. The quantitative estimate of drug-likeness (QED) is 0.509. The number of allylic oxidation sites excluding steroid dienone is 3. The van der Waals surface area contributed by atoms with Crippen molar-refractivity contribution in [3.63, 3.8) is 0 Å². The van der Waals surface area contributed by atoms with Gasteiger partial charge in [-0.15, -0.1) is 0 Å². The summed E-state index contributed by atoms with van der Waals surface area (Å²) in [6, 6.07) is 17.8.